The number of rotatable bonds is 3. The Morgan fingerprint density at radius 3 is 2.58 bits per heavy atom. The van der Waals surface area contributed by atoms with Gasteiger partial charge in [0.1, 0.15) is 6.10 Å². The molecule has 12 heavy (non-hydrogen) atoms. The fourth-order valence-corrected chi connectivity index (χ4v) is 1.28. The zero-order valence-corrected chi connectivity index (χ0v) is 6.99. The van der Waals surface area contributed by atoms with E-state index < -0.39 is 0 Å². The first-order chi connectivity index (χ1) is 5.90. The fraction of sp³-hybridized carbons (Fsp3) is 0.273. The number of benzene rings is 1. The van der Waals surface area contributed by atoms with Crippen LogP contribution in [0.3, 0.4) is 0 Å². The number of hydrogen-bond donors (Lipinski definition) is 0. The minimum Gasteiger partial charge on any atom is -0.368 e. The van der Waals surface area contributed by atoms with Gasteiger partial charge in [0.2, 0.25) is 0 Å². The molecule has 1 aliphatic rings. The van der Waals surface area contributed by atoms with Gasteiger partial charge < -0.3 is 4.74 Å². The molecule has 0 amide bonds. The van der Waals surface area contributed by atoms with Gasteiger partial charge in [-0.3, -0.25) is 0 Å². The summed E-state index contributed by atoms with van der Waals surface area (Å²) in [6.07, 6.45) is 3.25. The summed E-state index contributed by atoms with van der Waals surface area (Å²) in [6, 6.07) is 8.55. The molecule has 0 spiro atoms. The molecule has 0 N–H and O–H groups in total. The van der Waals surface area contributed by atoms with Crippen LogP contribution in [0.5, 0.6) is 0 Å². The molecule has 1 aliphatic heterocycles. The lowest BCUT2D eigenvalue weighted by atomic mass is 10.1. The van der Waals surface area contributed by atoms with Crippen molar-refractivity contribution in [1.29, 1.82) is 0 Å². The topological polar surface area (TPSA) is 12.5 Å². The van der Waals surface area contributed by atoms with Crippen LogP contribution in [-0.4, -0.2) is 6.61 Å². The molecule has 0 saturated carbocycles. The largest absolute Gasteiger partial charge is 0.368 e. The SMILES string of the molecule is C=CCc1ccc(C2CO2)cc1. The van der Waals surface area contributed by atoms with E-state index in [1.54, 1.807) is 0 Å². The Morgan fingerprint density at radius 2 is 2.08 bits per heavy atom. The van der Waals surface area contributed by atoms with Crippen molar-refractivity contribution in [2.24, 2.45) is 0 Å². The summed E-state index contributed by atoms with van der Waals surface area (Å²) < 4.78 is 5.17. The van der Waals surface area contributed by atoms with Crippen LogP contribution in [0, 0.1) is 0 Å². The average molecular weight is 160 g/mol. The normalized spacial score (nSPS) is 20.5. The van der Waals surface area contributed by atoms with Gasteiger partial charge in [0, 0.05) is 0 Å². The lowest BCUT2D eigenvalue weighted by molar-refractivity contribution is 0.415. The molecule has 1 fully saturated rings. The van der Waals surface area contributed by atoms with Crippen LogP contribution in [0.2, 0.25) is 0 Å². The monoisotopic (exact) mass is 160 g/mol. The van der Waals surface area contributed by atoms with Gasteiger partial charge in [0.25, 0.3) is 0 Å². The molecule has 0 radical (unpaired) electrons. The second-order valence-electron chi connectivity index (χ2n) is 3.06. The first-order valence-corrected chi connectivity index (χ1v) is 4.21. The highest BCUT2D eigenvalue weighted by atomic mass is 16.6. The van der Waals surface area contributed by atoms with Crippen LogP contribution in [0.1, 0.15) is 17.2 Å². The quantitative estimate of drug-likeness (QED) is 0.489. The van der Waals surface area contributed by atoms with E-state index in [9.17, 15) is 0 Å². The van der Waals surface area contributed by atoms with Crippen molar-refractivity contribution < 1.29 is 4.74 Å². The van der Waals surface area contributed by atoms with Crippen LogP contribution < -0.4 is 0 Å². The third kappa shape index (κ3) is 1.56. The summed E-state index contributed by atoms with van der Waals surface area (Å²) in [6.45, 7) is 4.59. The minimum absolute atomic E-state index is 0.378. The van der Waals surface area contributed by atoms with Crippen molar-refractivity contribution in [3.8, 4) is 0 Å². The lowest BCUT2D eigenvalue weighted by Crippen LogP contribution is -1.83. The van der Waals surface area contributed by atoms with Gasteiger partial charge in [0.15, 0.2) is 0 Å². The number of allylic oxidation sites excluding steroid dienone is 1. The standard InChI is InChI=1S/C11H12O/c1-2-3-9-4-6-10(7-5-9)11-8-12-11/h2,4-7,11H,1,3,8H2. The molecule has 1 heterocycles. The Labute approximate surface area is 72.7 Å². The summed E-state index contributed by atoms with van der Waals surface area (Å²) in [5.74, 6) is 0. The Kier molecular flexibility index (Phi) is 1.96. The molecule has 1 aromatic rings. The number of ether oxygens (including phenoxy) is 1. The third-order valence-electron chi connectivity index (χ3n) is 2.06. The Balaban J connectivity index is 2.12. The summed E-state index contributed by atoms with van der Waals surface area (Å²) >= 11 is 0. The van der Waals surface area contributed by atoms with E-state index in [1.165, 1.54) is 11.1 Å². The van der Waals surface area contributed by atoms with Crippen molar-refractivity contribution in [1.82, 2.24) is 0 Å². The van der Waals surface area contributed by atoms with Gasteiger partial charge in [-0.05, 0) is 17.5 Å². The zero-order valence-electron chi connectivity index (χ0n) is 6.99. The molecule has 2 rings (SSSR count). The van der Waals surface area contributed by atoms with Crippen molar-refractivity contribution in [2.45, 2.75) is 12.5 Å². The Bertz CT molecular complexity index is 270. The van der Waals surface area contributed by atoms with E-state index in [0.717, 1.165) is 13.0 Å². The van der Waals surface area contributed by atoms with E-state index in [1.807, 2.05) is 6.08 Å². The maximum atomic E-state index is 5.17. The zero-order chi connectivity index (χ0) is 8.39. The van der Waals surface area contributed by atoms with Crippen LogP contribution in [-0.2, 0) is 11.2 Å². The van der Waals surface area contributed by atoms with E-state index in [2.05, 4.69) is 30.8 Å². The third-order valence-corrected chi connectivity index (χ3v) is 2.06. The molecular formula is C11H12O. The highest BCUT2D eigenvalue weighted by Crippen LogP contribution is 2.29. The van der Waals surface area contributed by atoms with Crippen molar-refractivity contribution >= 4 is 0 Å². The predicted octanol–water partition coefficient (Wildman–Crippen LogP) is 2.49. The van der Waals surface area contributed by atoms with E-state index in [0.29, 0.717) is 6.10 Å². The molecule has 1 nitrogen and oxygen atoms in total. The number of hydrogen-bond acceptors (Lipinski definition) is 1. The Hall–Kier alpha value is -1.08. The first kappa shape index (κ1) is 7.56. The maximum absolute atomic E-state index is 5.17. The van der Waals surface area contributed by atoms with Gasteiger partial charge in [-0.1, -0.05) is 30.3 Å². The summed E-state index contributed by atoms with van der Waals surface area (Å²) in [5, 5.41) is 0. The van der Waals surface area contributed by atoms with Gasteiger partial charge >= 0.3 is 0 Å². The molecule has 0 aromatic heterocycles. The van der Waals surface area contributed by atoms with Crippen molar-refractivity contribution in [3.63, 3.8) is 0 Å². The molecule has 62 valence electrons. The fourth-order valence-electron chi connectivity index (χ4n) is 1.28. The second-order valence-corrected chi connectivity index (χ2v) is 3.06. The number of epoxide rings is 1. The highest BCUT2D eigenvalue weighted by Gasteiger charge is 2.23. The summed E-state index contributed by atoms with van der Waals surface area (Å²) in [4.78, 5) is 0. The van der Waals surface area contributed by atoms with E-state index >= 15 is 0 Å². The lowest BCUT2D eigenvalue weighted by Gasteiger charge is -1.98. The molecule has 1 atom stereocenters. The average Bonchev–Trinajstić information content (AvgIpc) is 2.89. The molecular weight excluding hydrogens is 148 g/mol. The molecule has 0 bridgehead atoms. The summed E-state index contributed by atoms with van der Waals surface area (Å²) in [7, 11) is 0. The van der Waals surface area contributed by atoms with Crippen molar-refractivity contribution in [3.05, 3.63) is 48.0 Å². The van der Waals surface area contributed by atoms with Crippen LogP contribution in [0.25, 0.3) is 0 Å². The smallest absolute Gasteiger partial charge is 0.106 e. The molecule has 1 saturated heterocycles. The van der Waals surface area contributed by atoms with Crippen molar-refractivity contribution in [2.75, 3.05) is 6.61 Å². The predicted molar refractivity (Wildman–Crippen MR) is 49.0 cm³/mol. The van der Waals surface area contributed by atoms with E-state index in [-0.39, 0.29) is 0 Å². The molecule has 1 heteroatoms. The second kappa shape index (κ2) is 3.11. The van der Waals surface area contributed by atoms with Gasteiger partial charge in [-0.25, -0.2) is 0 Å². The highest BCUT2D eigenvalue weighted by molar-refractivity contribution is 5.26. The first-order valence-electron chi connectivity index (χ1n) is 4.21. The van der Waals surface area contributed by atoms with Crippen LogP contribution in [0.15, 0.2) is 36.9 Å². The van der Waals surface area contributed by atoms with E-state index in [4.69, 9.17) is 4.74 Å². The summed E-state index contributed by atoms with van der Waals surface area (Å²) in [5.41, 5.74) is 2.61. The maximum Gasteiger partial charge on any atom is 0.106 e. The molecule has 1 unspecified atom stereocenters. The molecule has 0 aliphatic carbocycles. The Morgan fingerprint density at radius 1 is 1.42 bits per heavy atom. The van der Waals surface area contributed by atoms with Gasteiger partial charge in [-0.2, -0.15) is 0 Å². The van der Waals surface area contributed by atoms with Gasteiger partial charge in [-0.15, -0.1) is 6.58 Å². The van der Waals surface area contributed by atoms with Crippen LogP contribution >= 0.6 is 0 Å². The minimum atomic E-state index is 0.378. The molecule has 1 aromatic carbocycles. The van der Waals surface area contributed by atoms with Gasteiger partial charge in [0.05, 0.1) is 6.61 Å². The van der Waals surface area contributed by atoms with Crippen LogP contribution in [0.4, 0.5) is 0 Å².